The van der Waals surface area contributed by atoms with E-state index in [2.05, 4.69) is 0 Å². The van der Waals surface area contributed by atoms with Crippen LogP contribution in [0.5, 0.6) is 0 Å². The van der Waals surface area contributed by atoms with E-state index in [-0.39, 0.29) is 31.5 Å². The van der Waals surface area contributed by atoms with Gasteiger partial charge in [0, 0.05) is 0 Å². The molecule has 3 aromatic rings. The fourth-order valence-corrected chi connectivity index (χ4v) is 2.84. The highest BCUT2D eigenvalue weighted by atomic mass is 35.5. The summed E-state index contributed by atoms with van der Waals surface area (Å²) in [5.74, 6) is 5.56. The Morgan fingerprint density at radius 3 is 1.35 bits per heavy atom. The normalized spacial score (nSPS) is 10.9. The molecule has 0 unspecified atom stereocenters. The maximum Gasteiger partial charge on any atom is 0.359 e. The smallest absolute Gasteiger partial charge is 0.331 e. The molecule has 7 nitrogen and oxygen atoms in total. The molecule has 1 aromatic heterocycles. The number of nitrogens with two attached hydrogens (primary N) is 1. The Hall–Kier alpha value is -2.19. The summed E-state index contributed by atoms with van der Waals surface area (Å²) in [5, 5.41) is 0.696. The molecule has 11 heteroatoms. The first-order valence-electron chi connectivity index (χ1n) is 6.89. The van der Waals surface area contributed by atoms with Crippen LogP contribution in [0.1, 0.15) is 0 Å². The van der Waals surface area contributed by atoms with Crippen LogP contribution in [0, 0.1) is 0 Å². The molecule has 0 saturated carbocycles. The van der Waals surface area contributed by atoms with Gasteiger partial charge in [0.15, 0.2) is 0 Å². The molecule has 0 bridgehead atoms. The summed E-state index contributed by atoms with van der Waals surface area (Å²) in [6.45, 7) is 0. The fraction of sp³-hybridized carbons (Fsp3) is 0. The molecule has 0 aliphatic heterocycles. The number of aromatic nitrogens is 3. The molecule has 3 rings (SSSR count). The predicted molar refractivity (Wildman–Crippen MR) is 102 cm³/mol. The largest absolute Gasteiger partial charge is 0.359 e. The van der Waals surface area contributed by atoms with E-state index in [4.69, 9.17) is 52.2 Å². The first-order valence-corrected chi connectivity index (χ1v) is 8.40. The minimum absolute atomic E-state index is 0.0856. The van der Waals surface area contributed by atoms with E-state index >= 15 is 0 Å². The summed E-state index contributed by atoms with van der Waals surface area (Å²) in [6.07, 6.45) is 0. The van der Waals surface area contributed by atoms with Gasteiger partial charge >= 0.3 is 17.1 Å². The van der Waals surface area contributed by atoms with Crippen LogP contribution in [0.2, 0.25) is 20.1 Å². The Labute approximate surface area is 165 Å². The molecule has 2 N–H and O–H groups in total. The lowest BCUT2D eigenvalue weighted by molar-refractivity contribution is 0.641. The van der Waals surface area contributed by atoms with Crippen LogP contribution in [0.4, 0.5) is 0 Å². The zero-order chi connectivity index (χ0) is 19.2. The molecule has 0 aliphatic carbocycles. The number of hydrogen-bond acceptors (Lipinski definition) is 4. The van der Waals surface area contributed by atoms with Gasteiger partial charge in [0.05, 0.1) is 31.5 Å². The second-order valence-electron chi connectivity index (χ2n) is 5.09. The molecule has 134 valence electrons. The summed E-state index contributed by atoms with van der Waals surface area (Å²) in [5.41, 5.74) is -2.88. The number of halogens is 4. The lowest BCUT2D eigenvalue weighted by Gasteiger charge is -2.12. The Balaban J connectivity index is 2.41. The lowest BCUT2D eigenvalue weighted by Crippen LogP contribution is -2.56. The van der Waals surface area contributed by atoms with Gasteiger partial charge in [-0.15, -0.1) is 0 Å². The second kappa shape index (κ2) is 6.85. The summed E-state index contributed by atoms with van der Waals surface area (Å²) >= 11 is 23.6. The van der Waals surface area contributed by atoms with Gasteiger partial charge in [-0.25, -0.2) is 23.5 Å². The summed E-state index contributed by atoms with van der Waals surface area (Å²) < 4.78 is 1.67. The van der Waals surface area contributed by atoms with Crippen LogP contribution < -0.4 is 22.9 Å². The maximum absolute atomic E-state index is 12.9. The molecular formula is C15H8Cl4N4O3. The van der Waals surface area contributed by atoms with Crippen molar-refractivity contribution in [3.63, 3.8) is 0 Å². The first kappa shape index (κ1) is 18.6. The molecule has 0 atom stereocenters. The third-order valence-corrected chi connectivity index (χ3v) is 4.98. The summed E-state index contributed by atoms with van der Waals surface area (Å²) in [6, 6.07) is 8.19. The quantitative estimate of drug-likeness (QED) is 0.628. The SMILES string of the molecule is Nn1c(=O)n(-c2ccc(Cl)c(Cl)c2)c(=O)n(-c2ccc(Cl)c(Cl)c2)c1=O. The van der Waals surface area contributed by atoms with E-state index in [1.807, 2.05) is 0 Å². The second-order valence-corrected chi connectivity index (χ2v) is 6.71. The van der Waals surface area contributed by atoms with Crippen LogP contribution in [-0.4, -0.2) is 13.8 Å². The van der Waals surface area contributed by atoms with Gasteiger partial charge in [-0.2, -0.15) is 4.68 Å². The van der Waals surface area contributed by atoms with Gasteiger partial charge in [-0.05, 0) is 36.4 Å². The first-order chi connectivity index (χ1) is 12.2. The van der Waals surface area contributed by atoms with E-state index in [1.54, 1.807) is 0 Å². The van der Waals surface area contributed by atoms with Crippen molar-refractivity contribution in [3.05, 3.63) is 87.9 Å². The fourth-order valence-electron chi connectivity index (χ4n) is 2.25. The minimum Gasteiger partial charge on any atom is -0.331 e. The Morgan fingerprint density at radius 1 is 0.615 bits per heavy atom. The summed E-state index contributed by atoms with van der Waals surface area (Å²) in [7, 11) is 0. The number of benzene rings is 2. The third-order valence-electron chi connectivity index (χ3n) is 3.50. The molecule has 0 aliphatic rings. The van der Waals surface area contributed by atoms with E-state index in [0.717, 1.165) is 0 Å². The van der Waals surface area contributed by atoms with E-state index < -0.39 is 17.1 Å². The topological polar surface area (TPSA) is 92.0 Å². The van der Waals surface area contributed by atoms with Crippen LogP contribution in [0.3, 0.4) is 0 Å². The molecule has 0 fully saturated rings. The van der Waals surface area contributed by atoms with Gasteiger partial charge in [-0.3, -0.25) is 0 Å². The number of hydrogen-bond donors (Lipinski definition) is 1. The van der Waals surface area contributed by atoms with E-state index in [0.29, 0.717) is 13.8 Å². The van der Waals surface area contributed by atoms with Crippen molar-refractivity contribution in [1.82, 2.24) is 13.8 Å². The van der Waals surface area contributed by atoms with Crippen molar-refractivity contribution in [2.24, 2.45) is 0 Å². The van der Waals surface area contributed by atoms with Crippen molar-refractivity contribution in [3.8, 4) is 11.4 Å². The number of nitrogen functional groups attached to an aromatic ring is 1. The van der Waals surface area contributed by atoms with E-state index in [1.165, 1.54) is 36.4 Å². The van der Waals surface area contributed by atoms with Gasteiger partial charge in [-0.1, -0.05) is 46.4 Å². The van der Waals surface area contributed by atoms with E-state index in [9.17, 15) is 14.4 Å². The van der Waals surface area contributed by atoms with Gasteiger partial charge < -0.3 is 5.84 Å². The maximum atomic E-state index is 12.9. The summed E-state index contributed by atoms with van der Waals surface area (Å²) in [4.78, 5) is 37.6. The van der Waals surface area contributed by atoms with Gasteiger partial charge in [0.1, 0.15) is 0 Å². The lowest BCUT2D eigenvalue weighted by atomic mass is 10.3. The zero-order valence-corrected chi connectivity index (χ0v) is 15.6. The molecule has 1 heterocycles. The van der Waals surface area contributed by atoms with Crippen molar-refractivity contribution in [2.45, 2.75) is 0 Å². The number of rotatable bonds is 2. The minimum atomic E-state index is -1.05. The van der Waals surface area contributed by atoms with Crippen LogP contribution in [-0.2, 0) is 0 Å². The Bertz CT molecular complexity index is 1120. The molecule has 0 saturated heterocycles. The molecule has 2 aromatic carbocycles. The number of nitrogens with zero attached hydrogens (tertiary/aromatic N) is 3. The predicted octanol–water partition coefficient (Wildman–Crippen LogP) is 2.48. The molecule has 0 radical (unpaired) electrons. The highest BCUT2D eigenvalue weighted by Crippen LogP contribution is 2.24. The molecule has 26 heavy (non-hydrogen) atoms. The average Bonchev–Trinajstić information content (AvgIpc) is 2.59. The van der Waals surface area contributed by atoms with Crippen molar-refractivity contribution in [1.29, 1.82) is 0 Å². The van der Waals surface area contributed by atoms with Crippen LogP contribution in [0.15, 0.2) is 50.8 Å². The van der Waals surface area contributed by atoms with Crippen LogP contribution >= 0.6 is 46.4 Å². The molecule has 0 spiro atoms. The zero-order valence-electron chi connectivity index (χ0n) is 12.6. The molecule has 0 amide bonds. The van der Waals surface area contributed by atoms with Crippen molar-refractivity contribution >= 4 is 46.4 Å². The van der Waals surface area contributed by atoms with Crippen molar-refractivity contribution < 1.29 is 0 Å². The monoisotopic (exact) mass is 432 g/mol. The Kier molecular flexibility index (Phi) is 4.90. The van der Waals surface area contributed by atoms with Gasteiger partial charge in [0.25, 0.3) is 0 Å². The highest BCUT2D eigenvalue weighted by molar-refractivity contribution is 6.42. The third kappa shape index (κ3) is 3.03. The highest BCUT2D eigenvalue weighted by Gasteiger charge is 2.18. The van der Waals surface area contributed by atoms with Gasteiger partial charge in [0.2, 0.25) is 0 Å². The standard InChI is InChI=1S/C15H8Cl4N4O3/c16-9-3-1-7(5-11(9)18)21-13(24)22(15(26)23(20)14(21)25)8-2-4-10(17)12(19)6-8/h1-6H,20H2. The average molecular weight is 434 g/mol. The van der Waals surface area contributed by atoms with Crippen LogP contribution in [0.25, 0.3) is 11.4 Å². The molecular weight excluding hydrogens is 426 g/mol. The van der Waals surface area contributed by atoms with Crippen molar-refractivity contribution in [2.75, 3.05) is 5.84 Å². The Morgan fingerprint density at radius 2 is 1.00 bits per heavy atom.